The summed E-state index contributed by atoms with van der Waals surface area (Å²) in [6.07, 6.45) is 0.344. The van der Waals surface area contributed by atoms with Gasteiger partial charge in [0.25, 0.3) is 0 Å². The van der Waals surface area contributed by atoms with Gasteiger partial charge in [-0.1, -0.05) is 6.92 Å². The predicted molar refractivity (Wildman–Crippen MR) is 65.9 cm³/mol. The molecule has 0 amide bonds. The minimum absolute atomic E-state index is 0. The lowest BCUT2D eigenvalue weighted by molar-refractivity contribution is -0.187. The van der Waals surface area contributed by atoms with Gasteiger partial charge in [-0.15, -0.1) is 24.8 Å². The number of ether oxygens (including phenoxy) is 2. The summed E-state index contributed by atoms with van der Waals surface area (Å²) in [5, 5.41) is 0. The summed E-state index contributed by atoms with van der Waals surface area (Å²) >= 11 is 0. The van der Waals surface area contributed by atoms with Gasteiger partial charge < -0.3 is 9.47 Å². The van der Waals surface area contributed by atoms with E-state index in [9.17, 15) is 4.79 Å². The molecule has 5 nitrogen and oxygen atoms in total. The van der Waals surface area contributed by atoms with Crippen LogP contribution in [-0.2, 0) is 14.3 Å². The van der Waals surface area contributed by atoms with Crippen molar-refractivity contribution < 1.29 is 14.3 Å². The van der Waals surface area contributed by atoms with Crippen LogP contribution < -0.4 is 5.73 Å². The summed E-state index contributed by atoms with van der Waals surface area (Å²) in [6.45, 7) is 6.12. The number of nitrogens with zero attached hydrogens (tertiary/aromatic N) is 1. The van der Waals surface area contributed by atoms with Crippen molar-refractivity contribution in [2.45, 2.75) is 26.1 Å². The Morgan fingerprint density at radius 1 is 1.44 bits per heavy atom. The maximum absolute atomic E-state index is 11.1. The van der Waals surface area contributed by atoms with Crippen LogP contribution in [0.4, 0.5) is 0 Å². The maximum Gasteiger partial charge on any atom is 0.308 e. The van der Waals surface area contributed by atoms with E-state index in [1.165, 1.54) is 0 Å². The lowest BCUT2D eigenvalue weighted by Gasteiger charge is -2.39. The van der Waals surface area contributed by atoms with Crippen molar-refractivity contribution in [2.24, 2.45) is 5.73 Å². The molecule has 1 heterocycles. The average molecular weight is 275 g/mol. The number of nitrogens with two attached hydrogens (primary N) is 1. The van der Waals surface area contributed by atoms with Gasteiger partial charge in [0.1, 0.15) is 0 Å². The fourth-order valence-electron chi connectivity index (χ4n) is 1.37. The number of morpholine rings is 1. The molecular weight excluding hydrogens is 255 g/mol. The summed E-state index contributed by atoms with van der Waals surface area (Å²) in [7, 11) is 0. The van der Waals surface area contributed by atoms with E-state index < -0.39 is 5.85 Å². The van der Waals surface area contributed by atoms with Crippen LogP contribution in [0.15, 0.2) is 0 Å². The van der Waals surface area contributed by atoms with E-state index in [0.29, 0.717) is 32.7 Å². The molecule has 0 radical (unpaired) electrons. The molecule has 1 unspecified atom stereocenters. The largest absolute Gasteiger partial charge is 0.431 e. The SMILES string of the molecule is CCC(=O)OC(C)(N)N1CCOCC1.Cl.Cl. The molecule has 0 aliphatic carbocycles. The summed E-state index contributed by atoms with van der Waals surface area (Å²) in [5.41, 5.74) is 5.90. The van der Waals surface area contributed by atoms with Crippen LogP contribution in [-0.4, -0.2) is 43.0 Å². The second-order valence-corrected chi connectivity index (χ2v) is 3.48. The van der Waals surface area contributed by atoms with Gasteiger partial charge in [-0.2, -0.15) is 0 Å². The Bertz CT molecular complexity index is 209. The second-order valence-electron chi connectivity index (χ2n) is 3.48. The van der Waals surface area contributed by atoms with Crippen molar-refractivity contribution >= 4 is 30.8 Å². The molecule has 2 N–H and O–H groups in total. The molecule has 16 heavy (non-hydrogen) atoms. The Labute approximate surface area is 108 Å². The highest BCUT2D eigenvalue weighted by molar-refractivity contribution is 5.85. The third-order valence-electron chi connectivity index (χ3n) is 2.25. The molecule has 0 bridgehead atoms. The second kappa shape index (κ2) is 8.08. The Hall–Kier alpha value is -0.0700. The third-order valence-corrected chi connectivity index (χ3v) is 2.25. The number of rotatable bonds is 3. The van der Waals surface area contributed by atoms with E-state index in [4.69, 9.17) is 15.2 Å². The Kier molecular flexibility index (Phi) is 9.25. The minimum atomic E-state index is -1.00. The van der Waals surface area contributed by atoms with Crippen molar-refractivity contribution in [3.05, 3.63) is 0 Å². The van der Waals surface area contributed by atoms with E-state index >= 15 is 0 Å². The van der Waals surface area contributed by atoms with Crippen molar-refractivity contribution in [3.63, 3.8) is 0 Å². The molecule has 0 aromatic heterocycles. The number of esters is 1. The molecule has 1 atom stereocenters. The topological polar surface area (TPSA) is 64.8 Å². The molecular formula is C9H20Cl2N2O3. The number of halogens is 2. The van der Waals surface area contributed by atoms with Gasteiger partial charge in [-0.25, -0.2) is 4.90 Å². The molecule has 0 spiro atoms. The first-order chi connectivity index (χ1) is 6.56. The van der Waals surface area contributed by atoms with Crippen molar-refractivity contribution in [3.8, 4) is 0 Å². The number of carbonyl (C=O) groups excluding carboxylic acids is 1. The summed E-state index contributed by atoms with van der Waals surface area (Å²) in [4.78, 5) is 13.0. The molecule has 0 aromatic carbocycles. The number of carbonyl (C=O) groups is 1. The van der Waals surface area contributed by atoms with E-state index in [1.807, 2.05) is 4.90 Å². The molecule has 1 fully saturated rings. The molecule has 1 saturated heterocycles. The van der Waals surface area contributed by atoms with Crippen molar-refractivity contribution in [2.75, 3.05) is 26.3 Å². The highest BCUT2D eigenvalue weighted by Crippen LogP contribution is 2.13. The highest BCUT2D eigenvalue weighted by atomic mass is 35.5. The molecule has 1 rings (SSSR count). The monoisotopic (exact) mass is 274 g/mol. The van der Waals surface area contributed by atoms with Crippen molar-refractivity contribution in [1.82, 2.24) is 4.90 Å². The van der Waals surface area contributed by atoms with Crippen LogP contribution in [0.2, 0.25) is 0 Å². The molecule has 1 aliphatic rings. The first-order valence-corrected chi connectivity index (χ1v) is 4.90. The van der Waals surface area contributed by atoms with Crippen LogP contribution in [0.5, 0.6) is 0 Å². The Balaban J connectivity index is 0. The van der Waals surface area contributed by atoms with Crippen LogP contribution in [0, 0.1) is 0 Å². The standard InChI is InChI=1S/C9H18N2O3.2ClH/c1-3-8(12)14-9(2,10)11-4-6-13-7-5-11;;/h3-7,10H2,1-2H3;2*1H. The third kappa shape index (κ3) is 5.32. The zero-order chi connectivity index (χ0) is 10.6. The molecule has 7 heteroatoms. The number of hydrogen-bond donors (Lipinski definition) is 1. The average Bonchev–Trinajstić information content (AvgIpc) is 2.18. The fraction of sp³-hybridized carbons (Fsp3) is 0.889. The van der Waals surface area contributed by atoms with E-state index in [-0.39, 0.29) is 30.8 Å². The number of hydrogen-bond acceptors (Lipinski definition) is 5. The highest BCUT2D eigenvalue weighted by Gasteiger charge is 2.32. The van der Waals surface area contributed by atoms with Gasteiger partial charge in [-0.3, -0.25) is 10.5 Å². The Morgan fingerprint density at radius 3 is 2.38 bits per heavy atom. The summed E-state index contributed by atoms with van der Waals surface area (Å²) < 4.78 is 10.3. The van der Waals surface area contributed by atoms with Gasteiger partial charge in [0.15, 0.2) is 0 Å². The molecule has 1 aliphatic heterocycles. The van der Waals surface area contributed by atoms with E-state index in [0.717, 1.165) is 0 Å². The first kappa shape index (κ1) is 18.3. The van der Waals surface area contributed by atoms with Gasteiger partial charge in [0, 0.05) is 26.4 Å². The fourth-order valence-corrected chi connectivity index (χ4v) is 1.37. The van der Waals surface area contributed by atoms with E-state index in [1.54, 1.807) is 13.8 Å². The summed E-state index contributed by atoms with van der Waals surface area (Å²) in [5.74, 6) is -1.28. The zero-order valence-electron chi connectivity index (χ0n) is 9.60. The Morgan fingerprint density at radius 2 is 1.94 bits per heavy atom. The smallest absolute Gasteiger partial charge is 0.308 e. The zero-order valence-corrected chi connectivity index (χ0v) is 11.2. The summed E-state index contributed by atoms with van der Waals surface area (Å²) in [6, 6.07) is 0. The van der Waals surface area contributed by atoms with Gasteiger partial charge >= 0.3 is 5.97 Å². The van der Waals surface area contributed by atoms with Gasteiger partial charge in [-0.05, 0) is 0 Å². The van der Waals surface area contributed by atoms with Crippen LogP contribution in [0.1, 0.15) is 20.3 Å². The van der Waals surface area contributed by atoms with Crippen LogP contribution in [0.25, 0.3) is 0 Å². The molecule has 0 aromatic rings. The quantitative estimate of drug-likeness (QED) is 0.608. The van der Waals surface area contributed by atoms with Crippen LogP contribution in [0.3, 0.4) is 0 Å². The van der Waals surface area contributed by atoms with Crippen molar-refractivity contribution in [1.29, 1.82) is 0 Å². The van der Waals surface area contributed by atoms with Gasteiger partial charge in [0.05, 0.1) is 13.2 Å². The lowest BCUT2D eigenvalue weighted by atomic mass is 10.3. The molecule has 98 valence electrons. The molecule has 0 saturated carbocycles. The van der Waals surface area contributed by atoms with E-state index in [2.05, 4.69) is 0 Å². The normalized spacial score (nSPS) is 19.9. The minimum Gasteiger partial charge on any atom is -0.431 e. The van der Waals surface area contributed by atoms with Crippen LogP contribution >= 0.6 is 24.8 Å². The predicted octanol–water partition coefficient (Wildman–Crippen LogP) is 0.748. The first-order valence-electron chi connectivity index (χ1n) is 4.90. The maximum atomic E-state index is 11.1. The lowest BCUT2D eigenvalue weighted by Crippen LogP contribution is -2.59. The van der Waals surface area contributed by atoms with Gasteiger partial charge in [0.2, 0.25) is 5.85 Å².